The average molecular weight is 755 g/mol. The Kier molecular flexibility index (Phi) is 14.9. The van der Waals surface area contributed by atoms with E-state index in [2.05, 4.69) is 52.7 Å². The highest BCUT2D eigenvalue weighted by Gasteiger charge is 2.16. The number of nitrogens with one attached hydrogen (secondary N) is 2. The number of halogens is 1. The van der Waals surface area contributed by atoms with Crippen molar-refractivity contribution in [1.29, 1.82) is 5.26 Å². The van der Waals surface area contributed by atoms with E-state index in [-0.39, 0.29) is 11.3 Å². The fourth-order valence-electron chi connectivity index (χ4n) is 5.60. The summed E-state index contributed by atoms with van der Waals surface area (Å²) in [7, 11) is 1.39. The van der Waals surface area contributed by atoms with E-state index < -0.39 is 34.9 Å². The number of carbonyl (C=O) groups excluding carboxylic acids is 1. The smallest absolute Gasteiger partial charge is 0.335 e. The molecule has 1 amide bonds. The summed E-state index contributed by atoms with van der Waals surface area (Å²) < 4.78 is 51.8. The van der Waals surface area contributed by atoms with Gasteiger partial charge in [-0.05, 0) is 93.8 Å². The second-order valence-electron chi connectivity index (χ2n) is 11.6. The summed E-state index contributed by atoms with van der Waals surface area (Å²) in [6, 6.07) is 22.3. The topological polar surface area (TPSA) is 194 Å². The van der Waals surface area contributed by atoms with Crippen LogP contribution in [0, 0.1) is 51.8 Å². The van der Waals surface area contributed by atoms with Crippen molar-refractivity contribution in [2.75, 3.05) is 17.7 Å². The lowest BCUT2D eigenvalue weighted by atomic mass is 10.0. The van der Waals surface area contributed by atoms with E-state index in [1.807, 2.05) is 57.3 Å². The number of hydrogen-bond acceptors (Lipinski definition) is 11. The van der Waals surface area contributed by atoms with Crippen LogP contribution in [-0.4, -0.2) is 39.8 Å². The molecule has 6 aromatic rings. The van der Waals surface area contributed by atoms with Crippen molar-refractivity contribution in [2.24, 2.45) is 5.73 Å². The maximum Gasteiger partial charge on any atom is 0.335 e. The minimum Gasteiger partial charge on any atom is -0.494 e. The summed E-state index contributed by atoms with van der Waals surface area (Å²) in [5.74, 6) is -0.948. The van der Waals surface area contributed by atoms with Gasteiger partial charge in [0.2, 0.25) is 0 Å². The molecule has 272 valence electrons. The van der Waals surface area contributed by atoms with E-state index in [4.69, 9.17) is 32.6 Å². The van der Waals surface area contributed by atoms with Crippen molar-refractivity contribution >= 4 is 73.6 Å². The van der Waals surface area contributed by atoms with E-state index in [9.17, 15) is 9.18 Å². The molecule has 53 heavy (non-hydrogen) atoms. The summed E-state index contributed by atoms with van der Waals surface area (Å²) in [5, 5.41) is 17.5. The molecule has 0 spiro atoms. The van der Waals surface area contributed by atoms with E-state index in [0.717, 1.165) is 49.9 Å². The fraction of sp³-hybridized carbons (Fsp3) is 0.158. The molecule has 2 heterocycles. The van der Waals surface area contributed by atoms with E-state index in [1.54, 1.807) is 12.1 Å². The second kappa shape index (κ2) is 19.3. The predicted molar refractivity (Wildman–Crippen MR) is 204 cm³/mol. The molecule has 4 N–H and O–H groups in total. The molecule has 0 saturated carbocycles. The second-order valence-corrected chi connectivity index (χ2v) is 11.9. The molecule has 2 aromatic heterocycles. The maximum absolute atomic E-state index is 13.6. The van der Waals surface area contributed by atoms with Gasteiger partial charge in [0, 0.05) is 40.6 Å². The lowest BCUT2D eigenvalue weighted by molar-refractivity contribution is 0.100. The first-order chi connectivity index (χ1) is 25.3. The van der Waals surface area contributed by atoms with Crippen molar-refractivity contribution in [3.05, 3.63) is 124 Å². The predicted octanol–water partition coefficient (Wildman–Crippen LogP) is 7.28. The first-order valence-electron chi connectivity index (χ1n) is 15.6. The molecule has 15 heteroatoms. The molecule has 0 atom stereocenters. The van der Waals surface area contributed by atoms with Crippen LogP contribution in [0.3, 0.4) is 0 Å². The molecule has 6 rings (SSSR count). The van der Waals surface area contributed by atoms with Gasteiger partial charge in [0.05, 0.1) is 46.7 Å². The number of nitrogens with zero attached hydrogens (tertiary/aromatic N) is 3. The van der Waals surface area contributed by atoms with Crippen molar-refractivity contribution in [3.63, 3.8) is 0 Å². The molecule has 0 unspecified atom stereocenters. The number of benzene rings is 4. The van der Waals surface area contributed by atoms with Crippen LogP contribution in [0.25, 0.3) is 21.8 Å². The molecule has 0 aliphatic rings. The van der Waals surface area contributed by atoms with Crippen LogP contribution in [0.1, 0.15) is 43.7 Å². The minimum atomic E-state index is -0.750. The van der Waals surface area contributed by atoms with Gasteiger partial charge < -0.3 is 21.1 Å². The van der Waals surface area contributed by atoms with Crippen LogP contribution in [-0.2, 0) is 23.1 Å². The number of nitriles is 1. The Hall–Kier alpha value is -6.37. The van der Waals surface area contributed by atoms with Gasteiger partial charge in [-0.3, -0.25) is 14.8 Å². The van der Waals surface area contributed by atoms with E-state index in [1.165, 1.54) is 36.6 Å². The molecular weight excluding hydrogens is 720 g/mol. The lowest BCUT2D eigenvalue weighted by Gasteiger charge is -2.15. The Balaban J connectivity index is 0.000000250. The standard InChI is InChI=1S/C19H18FN3O2.C19H17N3.2O2S/c1-10-6-11(2)17-13(7-10)18(14(9-22-17)19(21)24)23-12-4-5-15(20)16(8-12)25-3;1-12-7-13(2)18-17(8-12)19(14(3)11-21-18)22-16-6-4-5-15(9-16)10-20;2*1-3-2/h4-9H,1-3H3,(H2,21,24)(H,22,23);4-9,11H,1-3H3,(H,21,22);;. The summed E-state index contributed by atoms with van der Waals surface area (Å²) in [6.07, 6.45) is 3.34. The maximum atomic E-state index is 13.6. The third-order valence-corrected chi connectivity index (χ3v) is 7.75. The van der Waals surface area contributed by atoms with Gasteiger partial charge in [-0.25, -0.2) is 4.39 Å². The van der Waals surface area contributed by atoms with Crippen LogP contribution in [0.4, 0.5) is 27.1 Å². The largest absolute Gasteiger partial charge is 0.494 e. The van der Waals surface area contributed by atoms with Crippen LogP contribution in [0.5, 0.6) is 5.75 Å². The fourth-order valence-corrected chi connectivity index (χ4v) is 5.60. The number of fused-ring (bicyclic) bond motifs is 2. The number of primary amides is 1. The highest BCUT2D eigenvalue weighted by molar-refractivity contribution is 7.51. The zero-order valence-corrected chi connectivity index (χ0v) is 31.2. The first kappa shape index (κ1) is 41.1. The van der Waals surface area contributed by atoms with Crippen LogP contribution in [0.15, 0.2) is 79.1 Å². The summed E-state index contributed by atoms with van der Waals surface area (Å²) in [4.78, 5) is 20.8. The van der Waals surface area contributed by atoms with Gasteiger partial charge in [-0.1, -0.05) is 29.3 Å². The number of ether oxygens (including phenoxy) is 1. The van der Waals surface area contributed by atoms with Gasteiger partial charge in [0.25, 0.3) is 5.91 Å². The molecule has 0 aliphatic heterocycles. The van der Waals surface area contributed by atoms with Gasteiger partial charge in [-0.2, -0.15) is 22.1 Å². The summed E-state index contributed by atoms with van der Waals surface area (Å²) in [5.41, 5.74) is 16.8. The quantitative estimate of drug-likeness (QED) is 0.155. The van der Waals surface area contributed by atoms with Crippen LogP contribution < -0.4 is 21.1 Å². The molecule has 0 saturated heterocycles. The molecule has 12 nitrogen and oxygen atoms in total. The first-order valence-corrected chi connectivity index (χ1v) is 16.9. The number of hydrogen-bond donors (Lipinski definition) is 3. The van der Waals surface area contributed by atoms with Gasteiger partial charge in [-0.15, -0.1) is 0 Å². The Morgan fingerprint density at radius 2 is 1.28 bits per heavy atom. The van der Waals surface area contributed by atoms with Gasteiger partial charge >= 0.3 is 23.1 Å². The number of rotatable bonds is 6. The SMILES string of the molecule is COc1cc(Nc2c(C(N)=O)cnc3c(C)cc(C)cc23)ccc1F.Cc1cc(C)c2ncc(C)c(Nc3cccc(C#N)c3)c2c1.O=S=O.O=S=O. The average Bonchev–Trinajstić information content (AvgIpc) is 3.11. The van der Waals surface area contributed by atoms with Crippen molar-refractivity contribution in [2.45, 2.75) is 34.6 Å². The third-order valence-electron chi connectivity index (χ3n) is 7.75. The van der Waals surface area contributed by atoms with Gasteiger partial charge in [0.15, 0.2) is 11.6 Å². The van der Waals surface area contributed by atoms with Crippen molar-refractivity contribution < 1.29 is 30.8 Å². The summed E-state index contributed by atoms with van der Waals surface area (Å²) in [6.45, 7) is 10.1. The lowest BCUT2D eigenvalue weighted by Crippen LogP contribution is -2.14. The van der Waals surface area contributed by atoms with E-state index in [0.29, 0.717) is 16.9 Å². The number of aryl methyl sites for hydroxylation is 5. The number of aromatic nitrogens is 2. The highest BCUT2D eigenvalue weighted by Crippen LogP contribution is 2.34. The van der Waals surface area contributed by atoms with Crippen molar-refractivity contribution in [3.8, 4) is 11.8 Å². The number of carbonyl (C=O) groups is 1. The monoisotopic (exact) mass is 754 g/mol. The Bertz CT molecular complexity index is 2410. The Morgan fingerprint density at radius 3 is 1.83 bits per heavy atom. The number of nitrogens with two attached hydrogens (primary N) is 1. The molecular formula is C38H35FN6O6S2. The molecule has 4 aromatic carbocycles. The Morgan fingerprint density at radius 1 is 0.755 bits per heavy atom. The number of amides is 1. The Labute approximate surface area is 312 Å². The molecule has 0 fully saturated rings. The molecule has 0 aliphatic carbocycles. The number of anilines is 4. The highest BCUT2D eigenvalue weighted by atomic mass is 32.1. The minimum absolute atomic E-state index is 0.108. The van der Waals surface area contributed by atoms with Crippen molar-refractivity contribution in [1.82, 2.24) is 9.97 Å². The van der Waals surface area contributed by atoms with Crippen LogP contribution >= 0.6 is 0 Å². The third kappa shape index (κ3) is 10.6. The number of methoxy groups -OCH3 is 1. The van der Waals surface area contributed by atoms with E-state index >= 15 is 0 Å². The zero-order chi connectivity index (χ0) is 39.2. The zero-order valence-electron chi connectivity index (χ0n) is 29.6. The summed E-state index contributed by atoms with van der Waals surface area (Å²) >= 11 is -1.50. The molecule has 0 bridgehead atoms. The van der Waals surface area contributed by atoms with Gasteiger partial charge in [0.1, 0.15) is 0 Å². The molecule has 0 radical (unpaired) electrons. The normalized spacial score (nSPS) is 9.85. The van der Waals surface area contributed by atoms with Crippen LogP contribution in [0.2, 0.25) is 0 Å². The number of pyridine rings is 2.